The van der Waals surface area contributed by atoms with Crippen molar-refractivity contribution in [2.24, 2.45) is 0 Å². The molecular formula is C26H32F3NO. The van der Waals surface area contributed by atoms with Gasteiger partial charge >= 0.3 is 6.18 Å². The number of alkyl halides is 3. The van der Waals surface area contributed by atoms with Gasteiger partial charge < -0.3 is 10.4 Å². The Hall–Kier alpha value is -2.29. The number of rotatable bonds is 12. The van der Waals surface area contributed by atoms with E-state index in [9.17, 15) is 13.2 Å². The van der Waals surface area contributed by atoms with Gasteiger partial charge in [0, 0.05) is 31.7 Å². The number of unbranched alkanes of at least 4 members (excludes halogenated alkanes) is 7. The summed E-state index contributed by atoms with van der Waals surface area (Å²) in [6.45, 7) is 1.46. The van der Waals surface area contributed by atoms with Gasteiger partial charge in [0.25, 0.3) is 0 Å². The fourth-order valence-electron chi connectivity index (χ4n) is 3.24. The molecule has 2 aromatic carbocycles. The fourth-order valence-corrected chi connectivity index (χ4v) is 3.24. The van der Waals surface area contributed by atoms with Crippen LogP contribution in [0, 0.1) is 11.8 Å². The molecule has 0 aliphatic heterocycles. The second-order valence-electron chi connectivity index (χ2n) is 7.75. The van der Waals surface area contributed by atoms with Gasteiger partial charge in [-0.2, -0.15) is 13.2 Å². The molecule has 5 heteroatoms. The van der Waals surface area contributed by atoms with Crippen molar-refractivity contribution in [1.82, 2.24) is 5.32 Å². The predicted molar refractivity (Wildman–Crippen MR) is 119 cm³/mol. The maximum Gasteiger partial charge on any atom is 0.416 e. The standard InChI is InChI=1S/C26H32F3NO/c27-26(28,29)25-17-15-24(16-18-25)21-30-20-23-13-11-22(12-14-23)10-8-6-4-2-1-3-5-7-9-19-31/h11-18,30-31H,1-7,9,19-21H2. The van der Waals surface area contributed by atoms with Crippen LogP contribution in [0.3, 0.4) is 0 Å². The maximum absolute atomic E-state index is 12.6. The second kappa shape index (κ2) is 13.9. The van der Waals surface area contributed by atoms with E-state index in [1.165, 1.54) is 37.8 Å². The Morgan fingerprint density at radius 1 is 0.710 bits per heavy atom. The molecule has 0 saturated carbocycles. The topological polar surface area (TPSA) is 32.3 Å². The molecule has 2 N–H and O–H groups in total. The minimum absolute atomic E-state index is 0.301. The summed E-state index contributed by atoms with van der Waals surface area (Å²) >= 11 is 0. The lowest BCUT2D eigenvalue weighted by Gasteiger charge is -2.08. The van der Waals surface area contributed by atoms with Crippen LogP contribution in [0.4, 0.5) is 13.2 Å². The van der Waals surface area contributed by atoms with Gasteiger partial charge in [-0.05, 0) is 48.2 Å². The first kappa shape index (κ1) is 25.0. The van der Waals surface area contributed by atoms with E-state index in [1.807, 2.05) is 24.3 Å². The molecule has 0 fully saturated rings. The van der Waals surface area contributed by atoms with Crippen molar-refractivity contribution in [3.63, 3.8) is 0 Å². The predicted octanol–water partition coefficient (Wildman–Crippen LogP) is 6.46. The molecule has 168 valence electrons. The van der Waals surface area contributed by atoms with Gasteiger partial charge in [-0.15, -0.1) is 0 Å². The van der Waals surface area contributed by atoms with Crippen molar-refractivity contribution in [1.29, 1.82) is 0 Å². The number of nitrogens with one attached hydrogen (secondary N) is 1. The van der Waals surface area contributed by atoms with Crippen LogP contribution >= 0.6 is 0 Å². The Morgan fingerprint density at radius 2 is 1.23 bits per heavy atom. The Morgan fingerprint density at radius 3 is 1.77 bits per heavy atom. The monoisotopic (exact) mass is 431 g/mol. The molecule has 0 bridgehead atoms. The van der Waals surface area contributed by atoms with Gasteiger partial charge in [-0.3, -0.25) is 0 Å². The third-order valence-electron chi connectivity index (χ3n) is 5.09. The lowest BCUT2D eigenvalue weighted by Crippen LogP contribution is -2.13. The molecule has 2 rings (SSSR count). The summed E-state index contributed by atoms with van der Waals surface area (Å²) in [5, 5.41) is 12.0. The van der Waals surface area contributed by atoms with Gasteiger partial charge in [-0.25, -0.2) is 0 Å². The Kier molecular flexibility index (Phi) is 11.2. The molecule has 31 heavy (non-hydrogen) atoms. The zero-order valence-corrected chi connectivity index (χ0v) is 18.0. The van der Waals surface area contributed by atoms with Gasteiger partial charge in [0.15, 0.2) is 0 Å². The average molecular weight is 432 g/mol. The number of aliphatic hydroxyl groups is 1. The Balaban J connectivity index is 1.62. The second-order valence-corrected chi connectivity index (χ2v) is 7.75. The summed E-state index contributed by atoms with van der Waals surface area (Å²) in [7, 11) is 0. The molecule has 0 radical (unpaired) electrons. The number of hydrogen-bond donors (Lipinski definition) is 2. The molecule has 0 spiro atoms. The van der Waals surface area contributed by atoms with Crippen LogP contribution in [0.15, 0.2) is 48.5 Å². The third kappa shape index (κ3) is 10.5. The summed E-state index contributed by atoms with van der Waals surface area (Å²) in [4.78, 5) is 0. The van der Waals surface area contributed by atoms with Crippen LogP contribution in [0.25, 0.3) is 0 Å². The molecule has 0 atom stereocenters. The third-order valence-corrected chi connectivity index (χ3v) is 5.09. The van der Waals surface area contributed by atoms with Crippen LogP contribution in [-0.4, -0.2) is 11.7 Å². The molecule has 2 aromatic rings. The molecule has 0 aliphatic carbocycles. The van der Waals surface area contributed by atoms with Crippen molar-refractivity contribution >= 4 is 0 Å². The van der Waals surface area contributed by atoms with Gasteiger partial charge in [0.2, 0.25) is 0 Å². The molecular weight excluding hydrogens is 399 g/mol. The van der Waals surface area contributed by atoms with Crippen molar-refractivity contribution in [3.8, 4) is 11.8 Å². The zero-order valence-electron chi connectivity index (χ0n) is 18.0. The Bertz CT molecular complexity index is 802. The van der Waals surface area contributed by atoms with Gasteiger partial charge in [0.1, 0.15) is 0 Å². The number of halogens is 3. The van der Waals surface area contributed by atoms with E-state index in [1.54, 1.807) is 0 Å². The lowest BCUT2D eigenvalue weighted by molar-refractivity contribution is -0.137. The highest BCUT2D eigenvalue weighted by Crippen LogP contribution is 2.29. The molecule has 0 aliphatic rings. The van der Waals surface area contributed by atoms with Crippen LogP contribution in [0.5, 0.6) is 0 Å². The molecule has 0 saturated heterocycles. The van der Waals surface area contributed by atoms with Crippen molar-refractivity contribution in [3.05, 3.63) is 70.8 Å². The Labute approximate surface area is 183 Å². The number of aliphatic hydroxyl groups excluding tert-OH is 1. The highest BCUT2D eigenvalue weighted by atomic mass is 19.4. The van der Waals surface area contributed by atoms with Gasteiger partial charge in [0.05, 0.1) is 5.56 Å². The van der Waals surface area contributed by atoms with Crippen LogP contribution < -0.4 is 5.32 Å². The van der Waals surface area contributed by atoms with Crippen molar-refractivity contribution < 1.29 is 18.3 Å². The number of benzene rings is 2. The minimum Gasteiger partial charge on any atom is -0.396 e. The summed E-state index contributed by atoms with van der Waals surface area (Å²) < 4.78 is 37.8. The SMILES string of the molecule is OCCCCCCCCCC#Cc1ccc(CNCc2ccc(C(F)(F)F)cc2)cc1. The van der Waals surface area contributed by atoms with Crippen molar-refractivity contribution in [2.45, 2.75) is 70.6 Å². The molecule has 0 amide bonds. The first-order valence-corrected chi connectivity index (χ1v) is 11.0. The van der Waals surface area contributed by atoms with E-state index in [4.69, 9.17) is 5.11 Å². The first-order chi connectivity index (χ1) is 15.0. The highest BCUT2D eigenvalue weighted by molar-refractivity contribution is 5.36. The zero-order chi connectivity index (χ0) is 22.4. The molecule has 0 unspecified atom stereocenters. The van der Waals surface area contributed by atoms with Crippen molar-refractivity contribution in [2.75, 3.05) is 6.61 Å². The largest absolute Gasteiger partial charge is 0.416 e. The molecule has 0 heterocycles. The van der Waals surface area contributed by atoms with Crippen LogP contribution in [-0.2, 0) is 19.3 Å². The van der Waals surface area contributed by atoms with Gasteiger partial charge in [-0.1, -0.05) is 68.2 Å². The summed E-state index contributed by atoms with van der Waals surface area (Å²) in [6.07, 6.45) is 4.66. The highest BCUT2D eigenvalue weighted by Gasteiger charge is 2.29. The maximum atomic E-state index is 12.6. The van der Waals surface area contributed by atoms with E-state index >= 15 is 0 Å². The average Bonchev–Trinajstić information content (AvgIpc) is 2.76. The molecule has 2 nitrogen and oxygen atoms in total. The summed E-state index contributed by atoms with van der Waals surface area (Å²) in [5.41, 5.74) is 2.30. The van der Waals surface area contributed by atoms with E-state index in [0.29, 0.717) is 19.7 Å². The quantitative estimate of drug-likeness (QED) is 0.299. The normalized spacial score (nSPS) is 11.2. The van der Waals surface area contributed by atoms with E-state index in [-0.39, 0.29) is 0 Å². The smallest absolute Gasteiger partial charge is 0.396 e. The number of hydrogen-bond acceptors (Lipinski definition) is 2. The summed E-state index contributed by atoms with van der Waals surface area (Å²) in [6, 6.07) is 13.3. The molecule has 0 aromatic heterocycles. The van der Waals surface area contributed by atoms with Crippen LogP contribution in [0.1, 0.15) is 73.6 Å². The fraction of sp³-hybridized carbons (Fsp3) is 0.462. The first-order valence-electron chi connectivity index (χ1n) is 11.0. The van der Waals surface area contributed by atoms with Crippen LogP contribution in [0.2, 0.25) is 0 Å². The van der Waals surface area contributed by atoms with E-state index in [2.05, 4.69) is 17.2 Å². The minimum atomic E-state index is -4.29. The van der Waals surface area contributed by atoms with E-state index < -0.39 is 11.7 Å². The summed E-state index contributed by atoms with van der Waals surface area (Å²) in [5.74, 6) is 6.43. The van der Waals surface area contributed by atoms with E-state index in [0.717, 1.165) is 54.5 Å². The lowest BCUT2D eigenvalue weighted by atomic mass is 10.1.